The zero-order valence-electron chi connectivity index (χ0n) is 10.7. The number of rotatable bonds is 5. The van der Waals surface area contributed by atoms with Gasteiger partial charge in [0.15, 0.2) is 0 Å². The lowest BCUT2D eigenvalue weighted by Crippen LogP contribution is -2.44. The van der Waals surface area contributed by atoms with E-state index in [9.17, 15) is 14.7 Å². The SMILES string of the molecule is CCCCC(C(=O)O)N1CCCN(C)C(=O)C1. The fourth-order valence-corrected chi connectivity index (χ4v) is 2.13. The molecule has 1 unspecified atom stereocenters. The molecule has 1 fully saturated rings. The van der Waals surface area contributed by atoms with Crippen LogP contribution in [0, 0.1) is 0 Å². The number of unbranched alkanes of at least 4 members (excludes halogenated alkanes) is 1. The van der Waals surface area contributed by atoms with Crippen molar-refractivity contribution in [1.82, 2.24) is 9.80 Å². The van der Waals surface area contributed by atoms with E-state index in [0.717, 1.165) is 25.8 Å². The highest BCUT2D eigenvalue weighted by atomic mass is 16.4. The maximum atomic E-state index is 11.7. The fourth-order valence-electron chi connectivity index (χ4n) is 2.13. The standard InChI is InChI=1S/C12H22N2O3/c1-3-4-6-10(12(16)17)14-8-5-7-13(2)11(15)9-14/h10H,3-9H2,1-2H3,(H,16,17). The van der Waals surface area contributed by atoms with E-state index in [2.05, 4.69) is 0 Å². The number of hydrogen-bond acceptors (Lipinski definition) is 3. The minimum absolute atomic E-state index is 0.0187. The van der Waals surface area contributed by atoms with Crippen molar-refractivity contribution in [3.8, 4) is 0 Å². The summed E-state index contributed by atoms with van der Waals surface area (Å²) in [4.78, 5) is 26.4. The number of carboxylic acids is 1. The Labute approximate surface area is 102 Å². The van der Waals surface area contributed by atoms with E-state index in [4.69, 9.17) is 0 Å². The van der Waals surface area contributed by atoms with Crippen LogP contribution in [0.5, 0.6) is 0 Å². The highest BCUT2D eigenvalue weighted by Gasteiger charge is 2.29. The molecule has 0 spiro atoms. The second-order valence-electron chi connectivity index (χ2n) is 4.64. The molecule has 0 saturated carbocycles. The Morgan fingerprint density at radius 2 is 2.18 bits per heavy atom. The molecule has 0 aromatic heterocycles. The molecule has 0 aromatic carbocycles. The van der Waals surface area contributed by atoms with Gasteiger partial charge in [0.2, 0.25) is 5.91 Å². The van der Waals surface area contributed by atoms with Gasteiger partial charge in [-0.1, -0.05) is 19.8 Å². The molecule has 1 atom stereocenters. The predicted molar refractivity (Wildman–Crippen MR) is 64.8 cm³/mol. The van der Waals surface area contributed by atoms with Crippen molar-refractivity contribution < 1.29 is 14.7 Å². The molecule has 1 aliphatic rings. The average molecular weight is 242 g/mol. The molecule has 0 aliphatic carbocycles. The number of amides is 1. The van der Waals surface area contributed by atoms with Crippen molar-refractivity contribution in [1.29, 1.82) is 0 Å². The molecule has 0 bridgehead atoms. The average Bonchev–Trinajstić information content (AvgIpc) is 2.42. The van der Waals surface area contributed by atoms with E-state index in [0.29, 0.717) is 13.0 Å². The largest absolute Gasteiger partial charge is 0.480 e. The summed E-state index contributed by atoms with van der Waals surface area (Å²) in [6.45, 7) is 3.68. The van der Waals surface area contributed by atoms with Crippen LogP contribution in [0.1, 0.15) is 32.6 Å². The Morgan fingerprint density at radius 3 is 2.76 bits per heavy atom. The molecule has 5 nitrogen and oxygen atoms in total. The Morgan fingerprint density at radius 1 is 1.47 bits per heavy atom. The molecule has 1 heterocycles. The van der Waals surface area contributed by atoms with Crippen molar-refractivity contribution in [2.24, 2.45) is 0 Å². The van der Waals surface area contributed by atoms with Crippen LogP contribution in [0.2, 0.25) is 0 Å². The second-order valence-corrected chi connectivity index (χ2v) is 4.64. The van der Waals surface area contributed by atoms with Crippen LogP contribution in [-0.2, 0) is 9.59 Å². The van der Waals surface area contributed by atoms with Gasteiger partial charge in [0.1, 0.15) is 6.04 Å². The summed E-state index contributed by atoms with van der Waals surface area (Å²) in [5, 5.41) is 9.23. The maximum absolute atomic E-state index is 11.7. The summed E-state index contributed by atoms with van der Waals surface area (Å²) < 4.78 is 0. The Kier molecular flexibility index (Phi) is 5.41. The smallest absolute Gasteiger partial charge is 0.320 e. The van der Waals surface area contributed by atoms with E-state index >= 15 is 0 Å². The van der Waals surface area contributed by atoms with Crippen LogP contribution in [0.4, 0.5) is 0 Å². The highest BCUT2D eigenvalue weighted by Crippen LogP contribution is 2.13. The minimum Gasteiger partial charge on any atom is -0.480 e. The summed E-state index contributed by atoms with van der Waals surface area (Å²) in [5.74, 6) is -0.791. The lowest BCUT2D eigenvalue weighted by atomic mass is 10.1. The molecule has 1 aliphatic heterocycles. The number of hydrogen-bond donors (Lipinski definition) is 1. The number of likely N-dealkylation sites (N-methyl/N-ethyl adjacent to an activating group) is 1. The second kappa shape index (κ2) is 6.59. The predicted octanol–water partition coefficient (Wildman–Crippen LogP) is 0.794. The normalized spacial score (nSPS) is 20.1. The third-order valence-electron chi connectivity index (χ3n) is 3.26. The summed E-state index contributed by atoms with van der Waals surface area (Å²) in [5.41, 5.74) is 0. The minimum atomic E-state index is -0.809. The van der Waals surface area contributed by atoms with E-state index in [-0.39, 0.29) is 12.5 Å². The molecule has 1 saturated heterocycles. The quantitative estimate of drug-likeness (QED) is 0.774. The van der Waals surface area contributed by atoms with Gasteiger partial charge in [-0.15, -0.1) is 0 Å². The summed E-state index contributed by atoms with van der Waals surface area (Å²) >= 11 is 0. The fraction of sp³-hybridized carbons (Fsp3) is 0.833. The van der Waals surface area contributed by atoms with Crippen molar-refractivity contribution in [2.45, 2.75) is 38.6 Å². The lowest BCUT2D eigenvalue weighted by molar-refractivity contribution is -0.144. The number of aliphatic carboxylic acids is 1. The molecule has 17 heavy (non-hydrogen) atoms. The summed E-state index contributed by atoms with van der Waals surface area (Å²) in [7, 11) is 1.77. The Hall–Kier alpha value is -1.10. The van der Waals surface area contributed by atoms with Gasteiger partial charge in [0.25, 0.3) is 0 Å². The molecule has 1 N–H and O–H groups in total. The molecule has 1 rings (SSSR count). The van der Waals surface area contributed by atoms with Crippen LogP contribution in [-0.4, -0.2) is 59.5 Å². The van der Waals surface area contributed by atoms with E-state index < -0.39 is 12.0 Å². The van der Waals surface area contributed by atoms with Crippen LogP contribution in [0.25, 0.3) is 0 Å². The molecular formula is C12H22N2O3. The highest BCUT2D eigenvalue weighted by molar-refractivity contribution is 5.80. The van der Waals surface area contributed by atoms with Crippen LogP contribution in [0.15, 0.2) is 0 Å². The number of nitrogens with zero attached hydrogens (tertiary/aromatic N) is 2. The zero-order chi connectivity index (χ0) is 12.8. The molecule has 0 aromatic rings. The van der Waals surface area contributed by atoms with Crippen LogP contribution in [0.3, 0.4) is 0 Å². The van der Waals surface area contributed by atoms with Crippen molar-refractivity contribution in [2.75, 3.05) is 26.7 Å². The van der Waals surface area contributed by atoms with Crippen LogP contribution < -0.4 is 0 Å². The summed E-state index contributed by atoms with van der Waals surface area (Å²) in [6.07, 6.45) is 3.34. The summed E-state index contributed by atoms with van der Waals surface area (Å²) in [6, 6.07) is -0.509. The van der Waals surface area contributed by atoms with Gasteiger partial charge in [-0.3, -0.25) is 14.5 Å². The van der Waals surface area contributed by atoms with Crippen molar-refractivity contribution in [3.63, 3.8) is 0 Å². The monoisotopic (exact) mass is 242 g/mol. The number of carbonyl (C=O) groups excluding carboxylic acids is 1. The lowest BCUT2D eigenvalue weighted by Gasteiger charge is -2.26. The molecule has 1 amide bonds. The third-order valence-corrected chi connectivity index (χ3v) is 3.26. The van der Waals surface area contributed by atoms with E-state index in [1.807, 2.05) is 11.8 Å². The first-order valence-corrected chi connectivity index (χ1v) is 6.27. The maximum Gasteiger partial charge on any atom is 0.320 e. The van der Waals surface area contributed by atoms with Gasteiger partial charge in [-0.2, -0.15) is 0 Å². The van der Waals surface area contributed by atoms with Gasteiger partial charge in [0, 0.05) is 20.1 Å². The number of carboxylic acid groups (broad SMARTS) is 1. The molecular weight excluding hydrogens is 220 g/mol. The van der Waals surface area contributed by atoms with Crippen molar-refractivity contribution >= 4 is 11.9 Å². The first-order chi connectivity index (χ1) is 8.06. The first-order valence-electron chi connectivity index (χ1n) is 6.27. The first kappa shape index (κ1) is 14.0. The van der Waals surface area contributed by atoms with Gasteiger partial charge >= 0.3 is 5.97 Å². The Bertz CT molecular complexity index is 281. The molecule has 0 radical (unpaired) electrons. The zero-order valence-corrected chi connectivity index (χ0v) is 10.7. The van der Waals surface area contributed by atoms with E-state index in [1.165, 1.54) is 0 Å². The van der Waals surface area contributed by atoms with Gasteiger partial charge in [0.05, 0.1) is 6.54 Å². The third kappa shape index (κ3) is 4.00. The Balaban J connectivity index is 2.65. The number of carbonyl (C=O) groups is 2. The molecule has 98 valence electrons. The topological polar surface area (TPSA) is 60.9 Å². The van der Waals surface area contributed by atoms with Gasteiger partial charge in [-0.25, -0.2) is 0 Å². The van der Waals surface area contributed by atoms with Gasteiger partial charge in [-0.05, 0) is 12.8 Å². The van der Waals surface area contributed by atoms with Crippen molar-refractivity contribution in [3.05, 3.63) is 0 Å². The van der Waals surface area contributed by atoms with Crippen LogP contribution >= 0.6 is 0 Å². The van der Waals surface area contributed by atoms with Gasteiger partial charge < -0.3 is 10.0 Å². The van der Waals surface area contributed by atoms with E-state index in [1.54, 1.807) is 11.9 Å². The molecule has 5 heteroatoms.